The Balaban J connectivity index is 1.65. The van der Waals surface area contributed by atoms with Crippen LogP contribution >= 0.6 is 0 Å². The van der Waals surface area contributed by atoms with E-state index in [1.807, 2.05) is 36.4 Å². The molecule has 2 aliphatic heterocycles. The highest BCUT2D eigenvalue weighted by atomic mass is 16.1. The van der Waals surface area contributed by atoms with Gasteiger partial charge in [-0.15, -0.1) is 0 Å². The topological polar surface area (TPSA) is 41.1 Å². The van der Waals surface area contributed by atoms with Crippen molar-refractivity contribution in [2.45, 2.75) is 37.3 Å². The van der Waals surface area contributed by atoms with Gasteiger partial charge in [-0.25, -0.2) is 0 Å². The van der Waals surface area contributed by atoms with Crippen molar-refractivity contribution in [1.29, 1.82) is 0 Å². The molecule has 0 unspecified atom stereocenters. The van der Waals surface area contributed by atoms with Crippen LogP contribution in [0.25, 0.3) is 0 Å². The van der Waals surface area contributed by atoms with Gasteiger partial charge in [-0.1, -0.05) is 48.5 Å². The summed E-state index contributed by atoms with van der Waals surface area (Å²) in [5.74, 6) is 0.821. The molecule has 0 aromatic heterocycles. The number of carbonyl (C=O) groups excluding carboxylic acids is 1. The number of hydrogen-bond acceptors (Lipinski definition) is 2. The molecule has 2 saturated heterocycles. The normalized spacial score (nSPS) is 26.8. The molecular formula is C21H24N2O. The lowest BCUT2D eigenvalue weighted by molar-refractivity contribution is 0.0676. The molecule has 24 heavy (non-hydrogen) atoms. The third-order valence-corrected chi connectivity index (χ3v) is 5.74. The number of fused-ring (bicyclic) bond motifs is 3. The molecular weight excluding hydrogens is 296 g/mol. The van der Waals surface area contributed by atoms with Gasteiger partial charge in [-0.3, -0.25) is 4.79 Å². The first kappa shape index (κ1) is 15.4. The lowest BCUT2D eigenvalue weighted by Gasteiger charge is -2.52. The summed E-state index contributed by atoms with van der Waals surface area (Å²) in [6.45, 7) is 1.07. The molecule has 2 aromatic carbocycles. The van der Waals surface area contributed by atoms with Gasteiger partial charge in [-0.2, -0.15) is 0 Å². The highest BCUT2D eigenvalue weighted by Crippen LogP contribution is 2.44. The molecule has 1 amide bonds. The average Bonchev–Trinajstić information content (AvgIpc) is 2.68. The van der Waals surface area contributed by atoms with Gasteiger partial charge in [0.05, 0.1) is 6.04 Å². The number of hydrogen-bond donors (Lipinski definition) is 2. The van der Waals surface area contributed by atoms with Gasteiger partial charge in [0.2, 0.25) is 0 Å². The zero-order chi connectivity index (χ0) is 16.4. The van der Waals surface area contributed by atoms with Crippen LogP contribution in [0.5, 0.6) is 0 Å². The minimum absolute atomic E-state index is 0.00709. The van der Waals surface area contributed by atoms with E-state index >= 15 is 0 Å². The number of benzene rings is 2. The van der Waals surface area contributed by atoms with Gasteiger partial charge in [0, 0.05) is 11.1 Å². The molecule has 0 radical (unpaired) electrons. The molecule has 2 heterocycles. The van der Waals surface area contributed by atoms with Crippen LogP contribution in [0.2, 0.25) is 0 Å². The molecule has 1 saturated carbocycles. The second kappa shape index (κ2) is 6.40. The maximum absolute atomic E-state index is 12.8. The van der Waals surface area contributed by atoms with Crippen molar-refractivity contribution in [3.63, 3.8) is 0 Å². The summed E-state index contributed by atoms with van der Waals surface area (Å²) in [7, 11) is 0. The Hall–Kier alpha value is -2.13. The van der Waals surface area contributed by atoms with Crippen molar-refractivity contribution in [3.8, 4) is 0 Å². The summed E-state index contributed by atoms with van der Waals surface area (Å²) in [6, 6.07) is 19.9. The fourth-order valence-corrected chi connectivity index (χ4v) is 4.30. The van der Waals surface area contributed by atoms with Crippen LogP contribution in [0, 0.1) is 5.92 Å². The van der Waals surface area contributed by atoms with E-state index in [-0.39, 0.29) is 17.5 Å². The molecule has 3 fully saturated rings. The Bertz CT molecular complexity index is 677. The molecule has 2 N–H and O–H groups in total. The van der Waals surface area contributed by atoms with E-state index in [4.69, 9.17) is 0 Å². The van der Waals surface area contributed by atoms with Crippen LogP contribution < -0.4 is 10.6 Å². The Morgan fingerprint density at radius 2 is 1.62 bits per heavy atom. The van der Waals surface area contributed by atoms with Crippen LogP contribution in [0.3, 0.4) is 0 Å². The minimum Gasteiger partial charge on any atom is -0.343 e. The average molecular weight is 320 g/mol. The third kappa shape index (κ3) is 2.84. The Morgan fingerprint density at radius 1 is 1.00 bits per heavy atom. The van der Waals surface area contributed by atoms with E-state index in [0.29, 0.717) is 0 Å². The molecule has 2 aromatic rings. The van der Waals surface area contributed by atoms with Gasteiger partial charge in [0.15, 0.2) is 0 Å². The van der Waals surface area contributed by atoms with Gasteiger partial charge in [0.25, 0.3) is 5.91 Å². The summed E-state index contributed by atoms with van der Waals surface area (Å²) in [4.78, 5) is 12.8. The highest BCUT2D eigenvalue weighted by molar-refractivity contribution is 5.94. The maximum atomic E-state index is 12.8. The number of piperidine rings is 2. The predicted octanol–water partition coefficient (Wildman–Crippen LogP) is 3.69. The maximum Gasteiger partial charge on any atom is 0.251 e. The molecule has 1 atom stereocenters. The lowest BCUT2D eigenvalue weighted by Crippen LogP contribution is -2.62. The Kier molecular flexibility index (Phi) is 4.11. The minimum atomic E-state index is -0.0133. The van der Waals surface area contributed by atoms with Crippen LogP contribution in [0.15, 0.2) is 60.7 Å². The summed E-state index contributed by atoms with van der Waals surface area (Å²) in [6.07, 6.45) is 4.79. The largest absolute Gasteiger partial charge is 0.343 e. The Morgan fingerprint density at radius 3 is 2.21 bits per heavy atom. The zero-order valence-corrected chi connectivity index (χ0v) is 13.9. The van der Waals surface area contributed by atoms with Crippen molar-refractivity contribution in [1.82, 2.24) is 10.6 Å². The second-order valence-corrected chi connectivity index (χ2v) is 7.16. The van der Waals surface area contributed by atoms with Gasteiger partial charge in [0.1, 0.15) is 0 Å². The molecule has 3 aliphatic rings. The first-order valence-electron chi connectivity index (χ1n) is 8.93. The summed E-state index contributed by atoms with van der Waals surface area (Å²) >= 11 is 0. The van der Waals surface area contributed by atoms with Crippen LogP contribution in [-0.2, 0) is 0 Å². The Labute approximate surface area is 143 Å². The SMILES string of the molecule is O=C(N[C@@H](c1ccccc1)C12CCC(CC1)CN2)c1ccccc1. The van der Waals surface area contributed by atoms with Crippen molar-refractivity contribution in [2.24, 2.45) is 5.92 Å². The first-order chi connectivity index (χ1) is 11.8. The van der Waals surface area contributed by atoms with Gasteiger partial charge >= 0.3 is 0 Å². The van der Waals surface area contributed by atoms with Gasteiger partial charge in [-0.05, 0) is 55.8 Å². The molecule has 0 spiro atoms. The van der Waals surface area contributed by atoms with E-state index in [0.717, 1.165) is 30.9 Å². The summed E-state index contributed by atoms with van der Waals surface area (Å²) < 4.78 is 0. The van der Waals surface area contributed by atoms with Crippen molar-refractivity contribution >= 4 is 5.91 Å². The van der Waals surface area contributed by atoms with Crippen LogP contribution in [0.4, 0.5) is 0 Å². The van der Waals surface area contributed by atoms with Gasteiger partial charge < -0.3 is 10.6 Å². The number of nitrogens with one attached hydrogen (secondary N) is 2. The molecule has 3 nitrogen and oxygen atoms in total. The summed E-state index contributed by atoms with van der Waals surface area (Å²) in [5.41, 5.74) is 1.90. The molecule has 3 heteroatoms. The van der Waals surface area contributed by atoms with Crippen LogP contribution in [-0.4, -0.2) is 18.0 Å². The number of amides is 1. The fourth-order valence-electron chi connectivity index (χ4n) is 4.30. The smallest absolute Gasteiger partial charge is 0.251 e. The third-order valence-electron chi connectivity index (χ3n) is 5.74. The first-order valence-corrected chi connectivity index (χ1v) is 8.93. The highest BCUT2D eigenvalue weighted by Gasteiger charge is 2.46. The fraction of sp³-hybridized carbons (Fsp3) is 0.381. The van der Waals surface area contributed by atoms with E-state index in [1.165, 1.54) is 18.4 Å². The van der Waals surface area contributed by atoms with E-state index in [2.05, 4.69) is 34.9 Å². The van der Waals surface area contributed by atoms with Crippen molar-refractivity contribution in [2.75, 3.05) is 6.54 Å². The van der Waals surface area contributed by atoms with E-state index in [9.17, 15) is 4.79 Å². The number of rotatable bonds is 4. The second-order valence-electron chi connectivity index (χ2n) is 7.16. The van der Waals surface area contributed by atoms with Crippen molar-refractivity contribution < 1.29 is 4.79 Å². The molecule has 5 rings (SSSR count). The predicted molar refractivity (Wildman–Crippen MR) is 95.8 cm³/mol. The van der Waals surface area contributed by atoms with Crippen molar-refractivity contribution in [3.05, 3.63) is 71.8 Å². The monoisotopic (exact) mass is 320 g/mol. The molecule has 124 valence electrons. The molecule has 2 bridgehead atoms. The van der Waals surface area contributed by atoms with E-state index < -0.39 is 0 Å². The number of carbonyl (C=O) groups is 1. The molecule has 1 aliphatic carbocycles. The zero-order valence-electron chi connectivity index (χ0n) is 13.9. The lowest BCUT2D eigenvalue weighted by atomic mass is 9.67. The quantitative estimate of drug-likeness (QED) is 0.902. The standard InChI is InChI=1S/C21H24N2O/c24-20(18-9-5-2-6-10-18)23-19(17-7-3-1-4-8-17)21-13-11-16(12-14-21)15-22-21/h1-10,16,19,22H,11-15H2,(H,23,24)/t16?,19-,21?/m0/s1. The van der Waals surface area contributed by atoms with Crippen LogP contribution in [0.1, 0.15) is 47.6 Å². The van der Waals surface area contributed by atoms with E-state index in [1.54, 1.807) is 0 Å². The summed E-state index contributed by atoms with van der Waals surface area (Å²) in [5, 5.41) is 7.11.